The molecular formula is C13H18N2O4. The van der Waals surface area contributed by atoms with Crippen LogP contribution in [0, 0.1) is 23.0 Å². The summed E-state index contributed by atoms with van der Waals surface area (Å²) in [5.74, 6) is -0.327. The molecule has 0 radical (unpaired) electrons. The normalized spacial score (nSPS) is 11.9. The zero-order valence-electron chi connectivity index (χ0n) is 11.0. The molecule has 0 heterocycles. The molecule has 0 saturated carbocycles. The zero-order chi connectivity index (χ0) is 14.4. The van der Waals surface area contributed by atoms with Gasteiger partial charge in [-0.15, -0.1) is 0 Å². The summed E-state index contributed by atoms with van der Waals surface area (Å²) >= 11 is 0. The Morgan fingerprint density at radius 2 is 2.21 bits per heavy atom. The van der Waals surface area contributed by atoms with Gasteiger partial charge in [0.15, 0.2) is 0 Å². The molecule has 2 N–H and O–H groups in total. The molecule has 1 rings (SSSR count). The van der Waals surface area contributed by atoms with Gasteiger partial charge in [-0.2, -0.15) is 0 Å². The second-order valence-corrected chi connectivity index (χ2v) is 4.55. The van der Waals surface area contributed by atoms with Crippen LogP contribution in [0.3, 0.4) is 0 Å². The quantitative estimate of drug-likeness (QED) is 0.605. The van der Waals surface area contributed by atoms with Gasteiger partial charge in [-0.3, -0.25) is 14.9 Å². The van der Waals surface area contributed by atoms with E-state index in [1.807, 2.05) is 6.92 Å². The lowest BCUT2D eigenvalue weighted by molar-refractivity contribution is -0.385. The Balaban J connectivity index is 2.85. The first-order valence-corrected chi connectivity index (χ1v) is 6.10. The van der Waals surface area contributed by atoms with Gasteiger partial charge < -0.3 is 10.4 Å². The van der Waals surface area contributed by atoms with Gasteiger partial charge in [0.05, 0.1) is 4.92 Å². The second-order valence-electron chi connectivity index (χ2n) is 4.55. The van der Waals surface area contributed by atoms with Crippen LogP contribution in [0.4, 0.5) is 5.69 Å². The number of benzene rings is 1. The smallest absolute Gasteiger partial charge is 0.282 e. The van der Waals surface area contributed by atoms with Gasteiger partial charge >= 0.3 is 0 Å². The molecule has 1 unspecified atom stereocenters. The monoisotopic (exact) mass is 266 g/mol. The summed E-state index contributed by atoms with van der Waals surface area (Å²) < 4.78 is 0. The van der Waals surface area contributed by atoms with Crippen LogP contribution in [0.1, 0.15) is 29.3 Å². The molecule has 0 fully saturated rings. The van der Waals surface area contributed by atoms with Gasteiger partial charge in [-0.05, 0) is 24.8 Å². The highest BCUT2D eigenvalue weighted by atomic mass is 16.6. The minimum Gasteiger partial charge on any atom is -0.396 e. The van der Waals surface area contributed by atoms with E-state index in [4.69, 9.17) is 5.11 Å². The van der Waals surface area contributed by atoms with E-state index in [1.54, 1.807) is 19.1 Å². The molecule has 0 aromatic heterocycles. The first kappa shape index (κ1) is 15.1. The number of nitrogens with zero attached hydrogens (tertiary/aromatic N) is 1. The minimum atomic E-state index is -0.556. The number of hydrogen-bond donors (Lipinski definition) is 2. The summed E-state index contributed by atoms with van der Waals surface area (Å²) in [6.07, 6.45) is 0.580. The Morgan fingerprint density at radius 1 is 1.53 bits per heavy atom. The molecule has 6 heteroatoms. The highest BCUT2D eigenvalue weighted by molar-refractivity contribution is 5.99. The predicted molar refractivity (Wildman–Crippen MR) is 71.0 cm³/mol. The Morgan fingerprint density at radius 3 is 2.79 bits per heavy atom. The lowest BCUT2D eigenvalue weighted by Gasteiger charge is -2.12. The number of carbonyl (C=O) groups excluding carboxylic acids is 1. The zero-order valence-corrected chi connectivity index (χ0v) is 11.0. The third kappa shape index (κ3) is 4.03. The molecular weight excluding hydrogens is 248 g/mol. The minimum absolute atomic E-state index is 0.0571. The van der Waals surface area contributed by atoms with Crippen molar-refractivity contribution in [1.29, 1.82) is 0 Å². The van der Waals surface area contributed by atoms with Crippen LogP contribution in [-0.2, 0) is 0 Å². The van der Waals surface area contributed by atoms with Crippen molar-refractivity contribution in [3.63, 3.8) is 0 Å². The molecule has 6 nitrogen and oxygen atoms in total. The first-order valence-electron chi connectivity index (χ1n) is 6.10. The van der Waals surface area contributed by atoms with Gasteiger partial charge in [0, 0.05) is 19.2 Å². The standard InChI is InChI=1S/C13H18N2O4/c1-9(6-7-16)8-14-13(17)12-10(2)4-3-5-11(12)15(18)19/h3-5,9,16H,6-8H2,1-2H3,(H,14,17). The van der Waals surface area contributed by atoms with Gasteiger partial charge in [-0.25, -0.2) is 0 Å². The number of hydrogen-bond acceptors (Lipinski definition) is 4. The third-order valence-corrected chi connectivity index (χ3v) is 2.91. The number of rotatable bonds is 6. The van der Waals surface area contributed by atoms with E-state index < -0.39 is 10.8 Å². The maximum atomic E-state index is 12.0. The number of aryl methyl sites for hydroxylation is 1. The van der Waals surface area contributed by atoms with E-state index in [0.717, 1.165) is 0 Å². The lowest BCUT2D eigenvalue weighted by atomic mass is 10.0. The molecule has 1 aromatic rings. The fraction of sp³-hybridized carbons (Fsp3) is 0.462. The number of aliphatic hydroxyl groups excluding tert-OH is 1. The molecule has 0 saturated heterocycles. The van der Waals surface area contributed by atoms with Crippen LogP contribution >= 0.6 is 0 Å². The Hall–Kier alpha value is -1.95. The molecule has 0 aliphatic heterocycles. The van der Waals surface area contributed by atoms with E-state index in [-0.39, 0.29) is 23.8 Å². The Kier molecular flexibility index (Phi) is 5.44. The van der Waals surface area contributed by atoms with Gasteiger partial charge in [-0.1, -0.05) is 19.1 Å². The molecule has 0 bridgehead atoms. The van der Waals surface area contributed by atoms with Crippen molar-refractivity contribution >= 4 is 11.6 Å². The number of nitrogens with one attached hydrogen (secondary N) is 1. The van der Waals surface area contributed by atoms with Crippen LogP contribution in [0.25, 0.3) is 0 Å². The van der Waals surface area contributed by atoms with Crippen molar-refractivity contribution in [3.05, 3.63) is 39.4 Å². The maximum absolute atomic E-state index is 12.0. The topological polar surface area (TPSA) is 92.5 Å². The SMILES string of the molecule is Cc1cccc([N+](=O)[O-])c1C(=O)NCC(C)CCO. The fourth-order valence-corrected chi connectivity index (χ4v) is 1.78. The van der Waals surface area contributed by atoms with Gasteiger partial charge in [0.25, 0.3) is 11.6 Å². The van der Waals surface area contributed by atoms with Crippen molar-refractivity contribution < 1.29 is 14.8 Å². The molecule has 0 aliphatic carbocycles. The number of aliphatic hydroxyl groups is 1. The summed E-state index contributed by atoms with van der Waals surface area (Å²) in [7, 11) is 0. The van der Waals surface area contributed by atoms with E-state index in [2.05, 4.69) is 5.32 Å². The van der Waals surface area contributed by atoms with Crippen LogP contribution in [0.15, 0.2) is 18.2 Å². The number of nitro benzene ring substituents is 1. The van der Waals surface area contributed by atoms with Crippen molar-refractivity contribution in [2.75, 3.05) is 13.2 Å². The third-order valence-electron chi connectivity index (χ3n) is 2.91. The molecule has 1 atom stereocenters. The number of carbonyl (C=O) groups is 1. The van der Waals surface area contributed by atoms with Gasteiger partial charge in [0.2, 0.25) is 0 Å². The number of nitro groups is 1. The Bertz CT molecular complexity index is 474. The van der Waals surface area contributed by atoms with Crippen LogP contribution in [-0.4, -0.2) is 29.1 Å². The average molecular weight is 266 g/mol. The summed E-state index contributed by atoms with van der Waals surface area (Å²) in [6, 6.07) is 4.54. The summed E-state index contributed by atoms with van der Waals surface area (Å²) in [6.45, 7) is 3.99. The summed E-state index contributed by atoms with van der Waals surface area (Å²) in [5.41, 5.74) is 0.484. The van der Waals surface area contributed by atoms with Crippen LogP contribution < -0.4 is 5.32 Å². The van der Waals surface area contributed by atoms with E-state index in [9.17, 15) is 14.9 Å². The predicted octanol–water partition coefficient (Wildman–Crippen LogP) is 1.65. The molecule has 1 amide bonds. The second kappa shape index (κ2) is 6.84. The summed E-state index contributed by atoms with van der Waals surface area (Å²) in [4.78, 5) is 22.4. The lowest BCUT2D eigenvalue weighted by Crippen LogP contribution is -2.29. The highest BCUT2D eigenvalue weighted by Gasteiger charge is 2.22. The largest absolute Gasteiger partial charge is 0.396 e. The van der Waals surface area contributed by atoms with Crippen molar-refractivity contribution in [1.82, 2.24) is 5.32 Å². The van der Waals surface area contributed by atoms with E-state index in [0.29, 0.717) is 18.5 Å². The highest BCUT2D eigenvalue weighted by Crippen LogP contribution is 2.21. The summed E-state index contributed by atoms with van der Waals surface area (Å²) in [5, 5.41) is 22.4. The molecule has 19 heavy (non-hydrogen) atoms. The average Bonchev–Trinajstić information content (AvgIpc) is 2.36. The molecule has 0 aliphatic rings. The van der Waals surface area contributed by atoms with E-state index >= 15 is 0 Å². The maximum Gasteiger partial charge on any atom is 0.282 e. The van der Waals surface area contributed by atoms with Crippen LogP contribution in [0.2, 0.25) is 0 Å². The van der Waals surface area contributed by atoms with Crippen LogP contribution in [0.5, 0.6) is 0 Å². The van der Waals surface area contributed by atoms with Crippen molar-refractivity contribution in [2.24, 2.45) is 5.92 Å². The van der Waals surface area contributed by atoms with Crippen molar-refractivity contribution in [3.8, 4) is 0 Å². The Labute approximate surface area is 111 Å². The van der Waals surface area contributed by atoms with Crippen molar-refractivity contribution in [2.45, 2.75) is 20.3 Å². The molecule has 104 valence electrons. The van der Waals surface area contributed by atoms with Gasteiger partial charge in [0.1, 0.15) is 5.56 Å². The number of amides is 1. The fourth-order valence-electron chi connectivity index (χ4n) is 1.78. The molecule has 0 spiro atoms. The van der Waals surface area contributed by atoms with E-state index in [1.165, 1.54) is 6.07 Å². The first-order chi connectivity index (χ1) is 8.97. The molecule has 1 aromatic carbocycles.